The van der Waals surface area contributed by atoms with E-state index >= 15 is 0 Å². The number of hydrogen-bond acceptors (Lipinski definition) is 13. The first-order chi connectivity index (χ1) is 67.2. The fourth-order valence-electron chi connectivity index (χ4n) is 18.2. The Bertz CT molecular complexity index is 4030. The van der Waals surface area contributed by atoms with Gasteiger partial charge < -0.3 is 62.7 Å². The van der Waals surface area contributed by atoms with Gasteiger partial charge in [-0.15, -0.1) is 0 Å². The summed E-state index contributed by atoms with van der Waals surface area (Å²) in [6.45, 7) is 28.2. The predicted octanol–water partition coefficient (Wildman–Crippen LogP) is 34.1. The molecule has 0 radical (unpaired) electrons. The van der Waals surface area contributed by atoms with Crippen LogP contribution < -0.4 is 42.6 Å². The van der Waals surface area contributed by atoms with Crippen LogP contribution in [-0.4, -0.2) is 81.4 Å². The zero-order chi connectivity index (χ0) is 97.3. The molecule has 8 aromatic carbocycles. The van der Waals surface area contributed by atoms with Gasteiger partial charge in [0.25, 0.3) is 0 Å². The Hall–Kier alpha value is -8.20. The molecule has 762 valence electrons. The van der Waals surface area contributed by atoms with Crippen LogP contribution in [0.2, 0.25) is 0 Å². The Morgan fingerprint density at radius 3 is 0.832 bits per heavy atom. The Kier molecular flexibility index (Phi) is 63.9. The van der Waals surface area contributed by atoms with Crippen LogP contribution in [0.3, 0.4) is 0 Å². The topological polar surface area (TPSA) is 153 Å². The second-order valence-corrected chi connectivity index (χ2v) is 39.7. The summed E-state index contributed by atoms with van der Waals surface area (Å²) in [6, 6.07) is 67.2. The van der Waals surface area contributed by atoms with Crippen molar-refractivity contribution in [3.8, 4) is 51.7 Å². The van der Waals surface area contributed by atoms with Gasteiger partial charge in [0.15, 0.2) is 0 Å². The highest BCUT2D eigenvalue weighted by molar-refractivity contribution is 5.36. The minimum Gasteiger partial charge on any atom is -0.494 e. The van der Waals surface area contributed by atoms with Crippen molar-refractivity contribution in [3.63, 3.8) is 0 Å². The highest BCUT2D eigenvalue weighted by Crippen LogP contribution is 2.34. The Balaban J connectivity index is 0.000000219. The molecule has 5 aliphatic rings. The molecular weight excluding hydrogens is 1700 g/mol. The van der Waals surface area contributed by atoms with Gasteiger partial charge >= 0.3 is 0 Å². The zero-order valence-corrected chi connectivity index (χ0v) is 87.2. The van der Waals surface area contributed by atoms with Crippen LogP contribution in [0, 0.1) is 35.5 Å². The van der Waals surface area contributed by atoms with Crippen LogP contribution in [0.15, 0.2) is 200 Å². The number of rotatable bonds is 49. The molecule has 0 aromatic heterocycles. The van der Waals surface area contributed by atoms with Crippen molar-refractivity contribution in [3.05, 3.63) is 234 Å². The van der Waals surface area contributed by atoms with Gasteiger partial charge in [-0.1, -0.05) is 320 Å². The molecule has 0 aliphatic heterocycles. The van der Waals surface area contributed by atoms with Crippen LogP contribution in [0.1, 0.15) is 403 Å². The molecular formula is C124H188O13. The van der Waals surface area contributed by atoms with Crippen molar-refractivity contribution in [2.75, 3.05) is 66.1 Å². The van der Waals surface area contributed by atoms with E-state index in [1.165, 1.54) is 241 Å². The minimum absolute atomic E-state index is 0.361. The van der Waals surface area contributed by atoms with Crippen molar-refractivity contribution >= 4 is 0 Å². The third kappa shape index (κ3) is 54.4. The standard InChI is InChI=1S/C22H30O3.C19H30O2.C19H30O.C18H28O2.C16H24O.C15H22O2.C15H24O2/c1-2-10-22(23)20-13-9-14-21(17-20)25-16-8-4-7-15-24-18-19-11-5-3-6-12-19;1-2-9-19(20)17-12-8-13-18(14-17)21-15-16-10-6-4-3-5-7-11-16;1-2-3-10-17-13-9-14-19(15-17)20-16-18-11-7-5-4-6-8-12-18;1-2-13-19-17-11-8-12-18(14-17)20-15-16-9-6-4-3-5-7-10-16;1-2-3-7-14-10-6-11-16(12-14)17-13-15-8-4-5-9-15;1-2-10-16-14-8-5-9-15(11-14)17-12-13-6-3-4-7-13;1-4-6-15(16)13-7-5-8-14(11-13)17-10-9-12(2)3/h3,5-6,9,11-14,17,22-23H,2,4,7-8,10,15-16,18H2,1H3;8,12-14,16,19-20H,2-7,9-11,15H2,1H3;9,13-15,18H,2-8,10-12,16H2,1H3;8,11-12,14,16H,2-7,9-10,13,15H2,1H3;6,10-12,15H,2-5,7-9,13H2,1H3;5,8-9,11,13H,2-4,6-7,10,12H2,1H3;5,7-8,11-12,15-16H,4,6,9-10H2,1-3H3. The number of aliphatic hydroxyl groups is 3. The molecule has 3 atom stereocenters. The van der Waals surface area contributed by atoms with E-state index in [1.807, 2.05) is 140 Å². The zero-order valence-electron chi connectivity index (χ0n) is 87.2. The van der Waals surface area contributed by atoms with Gasteiger partial charge in [0.05, 0.1) is 84.4 Å². The van der Waals surface area contributed by atoms with Gasteiger partial charge in [-0.05, 0) is 301 Å². The maximum absolute atomic E-state index is 10.1. The maximum Gasteiger partial charge on any atom is 0.122 e. The summed E-state index contributed by atoms with van der Waals surface area (Å²) in [5.41, 5.74) is 6.92. The lowest BCUT2D eigenvalue weighted by atomic mass is 9.92. The second-order valence-electron chi connectivity index (χ2n) is 39.7. The second kappa shape index (κ2) is 75.7. The molecule has 8 aromatic rings. The fraction of sp³-hybridized carbons (Fsp3) is 0.613. The number of hydrogen-bond donors (Lipinski definition) is 3. The molecule has 0 bridgehead atoms. The van der Waals surface area contributed by atoms with E-state index in [2.05, 4.69) is 123 Å². The smallest absolute Gasteiger partial charge is 0.122 e. The number of aliphatic hydroxyl groups excluding tert-OH is 3. The maximum atomic E-state index is 10.1. The van der Waals surface area contributed by atoms with E-state index in [4.69, 9.17) is 47.4 Å². The molecule has 0 spiro atoms. The third-order valence-electron chi connectivity index (χ3n) is 26.7. The molecule has 0 heterocycles. The summed E-state index contributed by atoms with van der Waals surface area (Å²) in [5.74, 6) is 12.9. The lowest BCUT2D eigenvalue weighted by Crippen LogP contribution is -2.13. The highest BCUT2D eigenvalue weighted by Gasteiger charge is 2.21. The van der Waals surface area contributed by atoms with E-state index < -0.39 is 6.10 Å². The number of unbranched alkanes of at least 4 members (excludes halogenated alkanes) is 4. The van der Waals surface area contributed by atoms with E-state index in [0.29, 0.717) is 25.0 Å². The summed E-state index contributed by atoms with van der Waals surface area (Å²) in [5, 5.41) is 30.0. The molecule has 0 amide bonds. The van der Waals surface area contributed by atoms with Gasteiger partial charge in [-0.2, -0.15) is 0 Å². The molecule has 13 heteroatoms. The summed E-state index contributed by atoms with van der Waals surface area (Å²) >= 11 is 0. The normalized spacial score (nSPS) is 15.7. The average molecular weight is 1890 g/mol. The Labute approximate surface area is 833 Å². The average Bonchev–Trinajstić information content (AvgIpc) is 1.14. The summed E-state index contributed by atoms with van der Waals surface area (Å²) < 4.78 is 58.2. The third-order valence-corrected chi connectivity index (χ3v) is 26.7. The molecule has 5 saturated carbocycles. The summed E-state index contributed by atoms with van der Waals surface area (Å²) in [6.07, 6.45) is 57.7. The van der Waals surface area contributed by atoms with Crippen LogP contribution in [0.5, 0.6) is 51.7 Å². The van der Waals surface area contributed by atoms with E-state index in [9.17, 15) is 15.3 Å². The van der Waals surface area contributed by atoms with Gasteiger partial charge in [0.1, 0.15) is 51.7 Å². The first-order valence-corrected chi connectivity index (χ1v) is 55.2. The van der Waals surface area contributed by atoms with Crippen molar-refractivity contribution in [1.82, 2.24) is 0 Å². The predicted molar refractivity (Wildman–Crippen MR) is 573 cm³/mol. The van der Waals surface area contributed by atoms with Crippen molar-refractivity contribution in [2.45, 2.75) is 389 Å². The fourth-order valence-corrected chi connectivity index (χ4v) is 18.2. The molecule has 5 fully saturated rings. The largest absolute Gasteiger partial charge is 0.494 e. The van der Waals surface area contributed by atoms with E-state index in [-0.39, 0.29) is 12.2 Å². The Morgan fingerprint density at radius 1 is 0.234 bits per heavy atom. The van der Waals surface area contributed by atoms with Crippen LogP contribution in [-0.2, 0) is 24.2 Å². The van der Waals surface area contributed by atoms with E-state index in [0.717, 1.165) is 229 Å². The van der Waals surface area contributed by atoms with Crippen LogP contribution in [0.25, 0.3) is 0 Å². The number of ether oxygens (including phenoxy) is 10. The van der Waals surface area contributed by atoms with E-state index in [1.54, 1.807) is 0 Å². The van der Waals surface area contributed by atoms with Crippen molar-refractivity contribution < 1.29 is 62.7 Å². The lowest BCUT2D eigenvalue weighted by molar-refractivity contribution is 0.116. The minimum atomic E-state index is -0.393. The molecule has 0 saturated heterocycles. The SMILES string of the molecule is CCCC(O)c1cccc(OCC2CCCCCCC2)c1.CCCC(O)c1cccc(OCCC(C)C)c1.CCCC(O)c1cccc(OCCCCCOCc2ccccc2)c1.CCCCc1cccc(OCC2CCCC2)c1.CCCCc1cccc(OCC2CCCCCCC2)c1.CCCOc1cccc(OCC2CCCC2)c1.CCCOc1cccc(OCC2CCCCCCC2)c1. The van der Waals surface area contributed by atoms with Gasteiger partial charge in [0, 0.05) is 18.7 Å². The molecule has 137 heavy (non-hydrogen) atoms. The van der Waals surface area contributed by atoms with Gasteiger partial charge in [0.2, 0.25) is 0 Å². The first kappa shape index (κ1) is 116. The molecule has 5 aliphatic carbocycles. The molecule has 3 N–H and O–H groups in total. The number of benzene rings is 8. The monoisotopic (exact) mass is 1890 g/mol. The van der Waals surface area contributed by atoms with Crippen molar-refractivity contribution in [2.24, 2.45) is 35.5 Å². The highest BCUT2D eigenvalue weighted by atomic mass is 16.5. The van der Waals surface area contributed by atoms with Gasteiger partial charge in [-0.3, -0.25) is 0 Å². The molecule has 13 rings (SSSR count). The van der Waals surface area contributed by atoms with Gasteiger partial charge in [-0.25, -0.2) is 0 Å². The van der Waals surface area contributed by atoms with Crippen LogP contribution >= 0.6 is 0 Å². The van der Waals surface area contributed by atoms with Crippen LogP contribution in [0.4, 0.5) is 0 Å². The summed E-state index contributed by atoms with van der Waals surface area (Å²) in [4.78, 5) is 0. The lowest BCUT2D eigenvalue weighted by Gasteiger charge is -2.20. The van der Waals surface area contributed by atoms with Crippen molar-refractivity contribution in [1.29, 1.82) is 0 Å². The summed E-state index contributed by atoms with van der Waals surface area (Å²) in [7, 11) is 0. The number of aryl methyl sites for hydroxylation is 2. The molecule has 3 unspecified atom stereocenters. The Morgan fingerprint density at radius 2 is 0.504 bits per heavy atom. The quantitative estimate of drug-likeness (QED) is 0.0310. The molecule has 13 nitrogen and oxygen atoms in total. The first-order valence-electron chi connectivity index (χ1n) is 55.2.